The third kappa shape index (κ3) is 4.43. The Balaban J connectivity index is 1.36. The average molecular weight is 627 g/mol. The summed E-state index contributed by atoms with van der Waals surface area (Å²) in [7, 11) is 0. The zero-order valence-electron chi connectivity index (χ0n) is 22.1. The maximum atomic E-state index is 15.3. The van der Waals surface area contributed by atoms with Crippen LogP contribution in [-0.2, 0) is 20.0 Å². The Hall–Kier alpha value is -3.36. The van der Waals surface area contributed by atoms with E-state index in [1.54, 1.807) is 42.5 Å². The van der Waals surface area contributed by atoms with Crippen LogP contribution in [0.4, 0.5) is 8.78 Å². The molecule has 0 aromatic heterocycles. The molecule has 2 bridgehead atoms. The lowest BCUT2D eigenvalue weighted by Gasteiger charge is -2.54. The summed E-state index contributed by atoms with van der Waals surface area (Å²) in [6.07, 6.45) is 1.01. The molecule has 3 N–H and O–H groups in total. The molecule has 6 atom stereocenters. The molecule has 8 nitrogen and oxygen atoms in total. The molecule has 0 unspecified atom stereocenters. The number of hydrogen-bond donors (Lipinski definition) is 3. The number of halogens is 3. The first-order valence-corrected chi connectivity index (χ1v) is 14.7. The minimum atomic E-state index is -3.20. The van der Waals surface area contributed by atoms with Crippen LogP contribution in [0.1, 0.15) is 49.7 Å². The van der Waals surface area contributed by atoms with Crippen LogP contribution in [0.5, 0.6) is 0 Å². The molecule has 1 saturated carbocycles. The second-order valence-corrected chi connectivity index (χ2v) is 12.4. The van der Waals surface area contributed by atoms with Gasteiger partial charge in [-0.15, -0.1) is 0 Å². The summed E-state index contributed by atoms with van der Waals surface area (Å²) in [6, 6.07) is 10.4. The second-order valence-electron chi connectivity index (χ2n) is 11.5. The summed E-state index contributed by atoms with van der Waals surface area (Å²) in [5, 5.41) is 27.3. The molecule has 2 aliphatic carbocycles. The third-order valence-corrected chi connectivity index (χ3v) is 9.61. The van der Waals surface area contributed by atoms with E-state index in [2.05, 4.69) is 26.6 Å². The maximum Gasteiger partial charge on any atom is 0.264 e. The number of nitrogens with zero attached hydrogens (tertiary/aromatic N) is 2. The normalized spacial score (nSPS) is 30.0. The zero-order valence-corrected chi connectivity index (χ0v) is 23.7. The van der Waals surface area contributed by atoms with Gasteiger partial charge in [0.2, 0.25) is 11.8 Å². The van der Waals surface area contributed by atoms with E-state index in [0.717, 1.165) is 11.3 Å². The van der Waals surface area contributed by atoms with Crippen molar-refractivity contribution in [3.8, 4) is 17.2 Å². The Morgan fingerprint density at radius 1 is 1.17 bits per heavy atom. The Kier molecular flexibility index (Phi) is 6.90. The molecule has 3 saturated heterocycles. The van der Waals surface area contributed by atoms with Gasteiger partial charge in [0.05, 0.1) is 12.0 Å². The van der Waals surface area contributed by atoms with E-state index in [9.17, 15) is 24.8 Å². The smallest absolute Gasteiger partial charge is 0.264 e. The molecule has 5 aliphatic rings. The Morgan fingerprint density at radius 2 is 1.93 bits per heavy atom. The molecule has 4 fully saturated rings. The summed E-state index contributed by atoms with van der Waals surface area (Å²) in [4.78, 5) is 41.7. The first-order chi connectivity index (χ1) is 19.6. The number of rotatable bonds is 5. The van der Waals surface area contributed by atoms with Crippen molar-refractivity contribution < 1.29 is 28.3 Å². The largest absolute Gasteiger partial charge is 0.372 e. The molecule has 11 heteroatoms. The summed E-state index contributed by atoms with van der Waals surface area (Å²) >= 11 is 3.41. The van der Waals surface area contributed by atoms with Gasteiger partial charge in [-0.1, -0.05) is 46.3 Å². The van der Waals surface area contributed by atoms with Crippen molar-refractivity contribution in [3.63, 3.8) is 0 Å². The van der Waals surface area contributed by atoms with E-state index in [1.165, 1.54) is 0 Å². The van der Waals surface area contributed by atoms with E-state index < -0.39 is 59.7 Å². The zero-order chi connectivity index (χ0) is 29.1. The standard InChI is InChI=1S/C30H29BrF2N4O4/c31-17-7-9-21-20-5-1-2-6-22(20)30(41,24(21)13-17)28(40)37-19-8-10-23(29(32,33)14-19)25(37)27(39)36-18(15-34)12-16-4-3-11-35-26(16)38/h1-2,5-7,9,13,16,18-19,23,25,41H,3-4,8,10-12,14H2,(H,35,38)(H,36,39)/t16-,18-,19+,23+,25+,30+/m0/s1. The number of carbonyl (C=O) groups excluding carboxylic acids is 3. The molecule has 2 aromatic rings. The van der Waals surface area contributed by atoms with Crippen LogP contribution in [0, 0.1) is 23.2 Å². The van der Waals surface area contributed by atoms with Gasteiger partial charge in [0.1, 0.15) is 12.1 Å². The molecular weight excluding hydrogens is 598 g/mol. The third-order valence-electron chi connectivity index (χ3n) is 9.12. The number of amides is 3. The van der Waals surface area contributed by atoms with E-state index in [1.807, 2.05) is 6.07 Å². The molecule has 41 heavy (non-hydrogen) atoms. The quantitative estimate of drug-likeness (QED) is 0.468. The number of hydrogen-bond acceptors (Lipinski definition) is 5. The van der Waals surface area contributed by atoms with Gasteiger partial charge in [0, 0.05) is 40.5 Å². The van der Waals surface area contributed by atoms with Crippen LogP contribution in [0.25, 0.3) is 11.1 Å². The van der Waals surface area contributed by atoms with Gasteiger partial charge < -0.3 is 20.6 Å². The molecular formula is C30H29BrF2N4O4. The summed E-state index contributed by atoms with van der Waals surface area (Å²) in [5.41, 5.74) is -0.277. The van der Waals surface area contributed by atoms with Gasteiger partial charge in [-0.25, -0.2) is 8.78 Å². The summed E-state index contributed by atoms with van der Waals surface area (Å²) in [5.74, 6) is -7.09. The molecule has 3 aliphatic heterocycles. The maximum absolute atomic E-state index is 15.3. The first-order valence-electron chi connectivity index (χ1n) is 13.9. The molecule has 0 radical (unpaired) electrons. The van der Waals surface area contributed by atoms with E-state index in [4.69, 9.17) is 0 Å². The minimum Gasteiger partial charge on any atom is -0.372 e. The fourth-order valence-corrected chi connectivity index (χ4v) is 7.55. The van der Waals surface area contributed by atoms with Crippen LogP contribution < -0.4 is 10.6 Å². The van der Waals surface area contributed by atoms with Crippen LogP contribution in [-0.4, -0.2) is 58.3 Å². The number of fused-ring (bicyclic) bond motifs is 6. The Morgan fingerprint density at radius 3 is 2.66 bits per heavy atom. The van der Waals surface area contributed by atoms with Crippen molar-refractivity contribution in [1.82, 2.24) is 15.5 Å². The number of nitrogens with one attached hydrogen (secondary N) is 2. The van der Waals surface area contributed by atoms with Gasteiger partial charge in [-0.2, -0.15) is 5.26 Å². The molecule has 214 valence electrons. The lowest BCUT2D eigenvalue weighted by Crippen LogP contribution is -2.70. The first kappa shape index (κ1) is 27.8. The number of alkyl halides is 2. The molecule has 0 spiro atoms. The highest BCUT2D eigenvalue weighted by Gasteiger charge is 2.63. The highest BCUT2D eigenvalue weighted by Crippen LogP contribution is 2.54. The van der Waals surface area contributed by atoms with Crippen molar-refractivity contribution in [1.29, 1.82) is 5.26 Å². The Labute approximate surface area is 244 Å². The van der Waals surface area contributed by atoms with E-state index in [0.29, 0.717) is 39.7 Å². The van der Waals surface area contributed by atoms with E-state index >= 15 is 8.78 Å². The predicted molar refractivity (Wildman–Crippen MR) is 147 cm³/mol. The SMILES string of the molecule is N#C[C@H](C[C@@H]1CCCNC1=O)NC(=O)[C@H]1[C@H]2CC[C@H](CC2(F)F)N1C(=O)[C@@]1(O)c2ccccc2-c2ccc(Br)cc21. The van der Waals surface area contributed by atoms with E-state index in [-0.39, 0.29) is 25.2 Å². The van der Waals surface area contributed by atoms with Crippen LogP contribution in [0.2, 0.25) is 0 Å². The topological polar surface area (TPSA) is 123 Å². The fourth-order valence-electron chi connectivity index (χ4n) is 7.19. The van der Waals surface area contributed by atoms with Gasteiger partial charge in [0.15, 0.2) is 5.60 Å². The number of nitriles is 1. The van der Waals surface area contributed by atoms with Crippen molar-refractivity contribution >= 4 is 33.7 Å². The average Bonchev–Trinajstić information content (AvgIpc) is 3.21. The molecule has 2 aromatic carbocycles. The number of benzene rings is 2. The van der Waals surface area contributed by atoms with Crippen molar-refractivity contribution in [3.05, 3.63) is 58.1 Å². The van der Waals surface area contributed by atoms with Crippen LogP contribution >= 0.6 is 15.9 Å². The lowest BCUT2D eigenvalue weighted by atomic mass is 9.70. The number of piperidine rings is 3. The van der Waals surface area contributed by atoms with Gasteiger partial charge in [-0.3, -0.25) is 14.4 Å². The fraction of sp³-hybridized carbons (Fsp3) is 0.467. The lowest BCUT2D eigenvalue weighted by molar-refractivity contribution is -0.201. The van der Waals surface area contributed by atoms with Crippen molar-refractivity contribution in [2.75, 3.05) is 6.54 Å². The van der Waals surface area contributed by atoms with Crippen LogP contribution in [0.15, 0.2) is 46.9 Å². The monoisotopic (exact) mass is 626 g/mol. The summed E-state index contributed by atoms with van der Waals surface area (Å²) in [6.45, 7) is 0.544. The number of carbonyl (C=O) groups is 3. The molecule has 7 rings (SSSR count). The highest BCUT2D eigenvalue weighted by molar-refractivity contribution is 9.10. The highest BCUT2D eigenvalue weighted by atomic mass is 79.9. The van der Waals surface area contributed by atoms with Gasteiger partial charge >= 0.3 is 0 Å². The number of aliphatic hydroxyl groups is 1. The second kappa shape index (κ2) is 10.2. The van der Waals surface area contributed by atoms with Crippen LogP contribution in [0.3, 0.4) is 0 Å². The summed E-state index contributed by atoms with van der Waals surface area (Å²) < 4.78 is 31.2. The molecule has 3 heterocycles. The van der Waals surface area contributed by atoms with Crippen molar-refractivity contribution in [2.45, 2.75) is 68.2 Å². The minimum absolute atomic E-state index is 0.0267. The predicted octanol–water partition coefficient (Wildman–Crippen LogP) is 3.60. The van der Waals surface area contributed by atoms with Crippen molar-refractivity contribution in [2.24, 2.45) is 11.8 Å². The Bertz CT molecular complexity index is 1480. The molecule has 3 amide bonds. The van der Waals surface area contributed by atoms with Gasteiger partial charge in [-0.05, 0) is 55.4 Å². The van der Waals surface area contributed by atoms with Gasteiger partial charge in [0.25, 0.3) is 11.8 Å².